The van der Waals surface area contributed by atoms with Gasteiger partial charge in [0, 0.05) is 14.1 Å². The first-order valence-electron chi connectivity index (χ1n) is 7.87. The lowest BCUT2D eigenvalue weighted by Gasteiger charge is -2.32. The number of carbonyl (C=O) groups excluding carboxylic acids is 2. The quantitative estimate of drug-likeness (QED) is 0.606. The Labute approximate surface area is 143 Å². The summed E-state index contributed by atoms with van der Waals surface area (Å²) in [6.07, 6.45) is 0.596. The SMILES string of the molecule is COC(=O)C(Cc1ccccc1)(Cc1ccccc1)C(=O)N(C)C. The van der Waals surface area contributed by atoms with Crippen molar-refractivity contribution < 1.29 is 14.3 Å². The van der Waals surface area contributed by atoms with Gasteiger partial charge in [0.05, 0.1) is 7.11 Å². The maximum Gasteiger partial charge on any atom is 0.322 e. The van der Waals surface area contributed by atoms with Crippen LogP contribution in [0.15, 0.2) is 60.7 Å². The predicted molar refractivity (Wildman–Crippen MR) is 93.4 cm³/mol. The summed E-state index contributed by atoms with van der Waals surface area (Å²) >= 11 is 0. The summed E-state index contributed by atoms with van der Waals surface area (Å²) in [6.45, 7) is 0. The number of hydrogen-bond donors (Lipinski definition) is 0. The smallest absolute Gasteiger partial charge is 0.322 e. The van der Waals surface area contributed by atoms with Crippen LogP contribution < -0.4 is 0 Å². The topological polar surface area (TPSA) is 46.6 Å². The van der Waals surface area contributed by atoms with E-state index >= 15 is 0 Å². The highest BCUT2D eigenvalue weighted by Gasteiger charge is 2.48. The van der Waals surface area contributed by atoms with E-state index in [4.69, 9.17) is 4.74 Å². The maximum absolute atomic E-state index is 13.0. The van der Waals surface area contributed by atoms with Gasteiger partial charge in [-0.3, -0.25) is 9.59 Å². The van der Waals surface area contributed by atoms with Crippen molar-refractivity contribution in [2.75, 3.05) is 21.2 Å². The van der Waals surface area contributed by atoms with Crippen LogP contribution in [0.25, 0.3) is 0 Å². The summed E-state index contributed by atoms with van der Waals surface area (Å²) in [6, 6.07) is 19.1. The Morgan fingerprint density at radius 3 is 1.62 bits per heavy atom. The summed E-state index contributed by atoms with van der Waals surface area (Å²) in [5.74, 6) is -0.754. The van der Waals surface area contributed by atoms with E-state index in [1.165, 1.54) is 12.0 Å². The molecule has 0 aromatic heterocycles. The Balaban J connectivity index is 2.50. The Morgan fingerprint density at radius 2 is 1.29 bits per heavy atom. The first kappa shape index (κ1) is 17.7. The van der Waals surface area contributed by atoms with Crippen molar-refractivity contribution in [1.29, 1.82) is 0 Å². The predicted octanol–water partition coefficient (Wildman–Crippen LogP) is 2.72. The summed E-state index contributed by atoms with van der Waals surface area (Å²) < 4.78 is 5.05. The molecular formula is C20H23NO3. The Kier molecular flexibility index (Phi) is 5.74. The molecule has 0 spiro atoms. The van der Waals surface area contributed by atoms with E-state index < -0.39 is 11.4 Å². The third kappa shape index (κ3) is 3.82. The molecule has 4 nitrogen and oxygen atoms in total. The fourth-order valence-electron chi connectivity index (χ4n) is 2.96. The normalized spacial score (nSPS) is 11.0. The molecule has 0 bridgehead atoms. The zero-order valence-corrected chi connectivity index (χ0v) is 14.4. The van der Waals surface area contributed by atoms with Crippen molar-refractivity contribution in [2.45, 2.75) is 12.8 Å². The van der Waals surface area contributed by atoms with E-state index in [9.17, 15) is 9.59 Å². The molecule has 0 unspecified atom stereocenters. The molecule has 0 aliphatic heterocycles. The van der Waals surface area contributed by atoms with E-state index in [1.54, 1.807) is 14.1 Å². The van der Waals surface area contributed by atoms with Crippen molar-refractivity contribution in [3.63, 3.8) is 0 Å². The van der Waals surface area contributed by atoms with Gasteiger partial charge in [-0.05, 0) is 24.0 Å². The molecule has 1 amide bonds. The monoisotopic (exact) mass is 325 g/mol. The van der Waals surface area contributed by atoms with Crippen LogP contribution in [0.2, 0.25) is 0 Å². The number of esters is 1. The highest BCUT2D eigenvalue weighted by Crippen LogP contribution is 2.32. The summed E-state index contributed by atoms with van der Waals surface area (Å²) in [7, 11) is 4.65. The average molecular weight is 325 g/mol. The molecule has 24 heavy (non-hydrogen) atoms. The molecule has 0 radical (unpaired) electrons. The fourth-order valence-corrected chi connectivity index (χ4v) is 2.96. The zero-order chi connectivity index (χ0) is 17.6. The van der Waals surface area contributed by atoms with Crippen LogP contribution in [0.3, 0.4) is 0 Å². The number of rotatable bonds is 6. The second kappa shape index (κ2) is 7.77. The number of benzene rings is 2. The van der Waals surface area contributed by atoms with Gasteiger partial charge in [-0.25, -0.2) is 0 Å². The number of hydrogen-bond acceptors (Lipinski definition) is 3. The highest BCUT2D eigenvalue weighted by molar-refractivity contribution is 6.03. The third-order valence-electron chi connectivity index (χ3n) is 4.09. The molecule has 0 atom stereocenters. The van der Waals surface area contributed by atoms with E-state index in [0.29, 0.717) is 12.8 Å². The van der Waals surface area contributed by atoms with Crippen LogP contribution in [-0.2, 0) is 27.2 Å². The first-order valence-corrected chi connectivity index (χ1v) is 7.87. The van der Waals surface area contributed by atoms with E-state index in [-0.39, 0.29) is 5.91 Å². The first-order chi connectivity index (χ1) is 11.5. The lowest BCUT2D eigenvalue weighted by atomic mass is 9.75. The van der Waals surface area contributed by atoms with Gasteiger partial charge in [-0.15, -0.1) is 0 Å². The number of nitrogens with zero attached hydrogens (tertiary/aromatic N) is 1. The Hall–Kier alpha value is -2.62. The fraction of sp³-hybridized carbons (Fsp3) is 0.300. The van der Waals surface area contributed by atoms with Crippen molar-refractivity contribution in [2.24, 2.45) is 5.41 Å². The van der Waals surface area contributed by atoms with E-state index in [1.807, 2.05) is 60.7 Å². The van der Waals surface area contributed by atoms with Crippen molar-refractivity contribution in [3.05, 3.63) is 71.8 Å². The zero-order valence-electron chi connectivity index (χ0n) is 14.4. The molecule has 0 aliphatic carbocycles. The minimum Gasteiger partial charge on any atom is -0.468 e. The molecule has 0 fully saturated rings. The number of ether oxygens (including phenoxy) is 1. The molecule has 0 aliphatic rings. The second-order valence-electron chi connectivity index (χ2n) is 6.10. The van der Waals surface area contributed by atoms with Gasteiger partial charge in [0.15, 0.2) is 5.41 Å². The van der Waals surface area contributed by atoms with Crippen molar-refractivity contribution >= 4 is 11.9 Å². The standard InChI is InChI=1S/C20H23NO3/c1-21(2)18(22)20(19(23)24-3,14-16-10-6-4-7-11-16)15-17-12-8-5-9-13-17/h4-13H,14-15H2,1-3H3. The van der Waals surface area contributed by atoms with Gasteiger partial charge in [0.2, 0.25) is 5.91 Å². The van der Waals surface area contributed by atoms with Crippen LogP contribution in [0.4, 0.5) is 0 Å². The minimum atomic E-state index is -1.28. The third-order valence-corrected chi connectivity index (χ3v) is 4.09. The van der Waals surface area contributed by atoms with Gasteiger partial charge in [-0.1, -0.05) is 60.7 Å². The van der Waals surface area contributed by atoms with Crippen LogP contribution in [0.1, 0.15) is 11.1 Å². The summed E-state index contributed by atoms with van der Waals surface area (Å²) in [4.78, 5) is 27.2. The van der Waals surface area contributed by atoms with Gasteiger partial charge in [0.1, 0.15) is 0 Å². The average Bonchev–Trinajstić information content (AvgIpc) is 2.61. The van der Waals surface area contributed by atoms with Crippen molar-refractivity contribution in [3.8, 4) is 0 Å². The molecule has 0 N–H and O–H groups in total. The van der Waals surface area contributed by atoms with Gasteiger partial charge in [0.25, 0.3) is 0 Å². The summed E-state index contributed by atoms with van der Waals surface area (Å²) in [5, 5.41) is 0. The maximum atomic E-state index is 13.0. The molecule has 4 heteroatoms. The van der Waals surface area contributed by atoms with Crippen LogP contribution in [-0.4, -0.2) is 38.0 Å². The molecule has 2 aromatic rings. The number of carbonyl (C=O) groups is 2. The number of amides is 1. The van der Waals surface area contributed by atoms with Gasteiger partial charge in [-0.2, -0.15) is 0 Å². The number of methoxy groups -OCH3 is 1. The molecule has 0 saturated carbocycles. The molecule has 2 aromatic carbocycles. The minimum absolute atomic E-state index is 0.248. The lowest BCUT2D eigenvalue weighted by molar-refractivity contribution is -0.162. The van der Waals surface area contributed by atoms with E-state index in [2.05, 4.69) is 0 Å². The van der Waals surface area contributed by atoms with Gasteiger partial charge >= 0.3 is 5.97 Å². The largest absolute Gasteiger partial charge is 0.468 e. The molecule has 126 valence electrons. The summed E-state index contributed by atoms with van der Waals surface area (Å²) in [5.41, 5.74) is 0.573. The van der Waals surface area contributed by atoms with Crippen LogP contribution in [0, 0.1) is 5.41 Å². The highest BCUT2D eigenvalue weighted by atomic mass is 16.5. The molecule has 0 saturated heterocycles. The molecular weight excluding hydrogens is 302 g/mol. The molecule has 2 rings (SSSR count). The van der Waals surface area contributed by atoms with Crippen LogP contribution >= 0.6 is 0 Å². The lowest BCUT2D eigenvalue weighted by Crippen LogP contribution is -2.49. The van der Waals surface area contributed by atoms with Gasteiger partial charge < -0.3 is 9.64 Å². The molecule has 0 heterocycles. The Bertz CT molecular complexity index is 639. The Morgan fingerprint density at radius 1 is 0.875 bits per heavy atom. The van der Waals surface area contributed by atoms with Crippen LogP contribution in [0.5, 0.6) is 0 Å². The van der Waals surface area contributed by atoms with E-state index in [0.717, 1.165) is 11.1 Å². The second-order valence-corrected chi connectivity index (χ2v) is 6.10. The van der Waals surface area contributed by atoms with Crippen molar-refractivity contribution in [1.82, 2.24) is 4.90 Å².